The van der Waals surface area contributed by atoms with Crippen molar-refractivity contribution in [1.29, 1.82) is 0 Å². The quantitative estimate of drug-likeness (QED) is 0.600. The highest BCUT2D eigenvalue weighted by Gasteiger charge is 2.16. The molecule has 1 aromatic carbocycles. The van der Waals surface area contributed by atoms with Gasteiger partial charge in [0.1, 0.15) is 6.73 Å². The smallest absolute Gasteiger partial charge is 0.337 e. The van der Waals surface area contributed by atoms with E-state index in [2.05, 4.69) is 29.5 Å². The minimum Gasteiger partial charge on any atom is -0.465 e. The molecule has 1 aromatic heterocycles. The third-order valence-corrected chi connectivity index (χ3v) is 4.21. The first-order valence-corrected chi connectivity index (χ1v) is 11.0. The maximum Gasteiger partial charge on any atom is 0.337 e. The van der Waals surface area contributed by atoms with Gasteiger partial charge in [0.2, 0.25) is 5.95 Å². The van der Waals surface area contributed by atoms with Crippen LogP contribution >= 0.6 is 0 Å². The lowest BCUT2D eigenvalue weighted by Crippen LogP contribution is -2.29. The molecule has 7 heteroatoms. The molecule has 0 aliphatic carbocycles. The number of benzene rings is 1. The molecular weight excluding hydrogens is 315 g/mol. The Morgan fingerprint density at radius 1 is 1.26 bits per heavy atom. The molecule has 0 aliphatic heterocycles. The molecule has 23 heavy (non-hydrogen) atoms. The Bertz CT molecular complexity index is 678. The summed E-state index contributed by atoms with van der Waals surface area (Å²) < 4.78 is 25.8. The van der Waals surface area contributed by atoms with Crippen LogP contribution in [0.4, 0.5) is 4.39 Å². The van der Waals surface area contributed by atoms with Gasteiger partial charge in [-0.15, -0.1) is 0 Å². The van der Waals surface area contributed by atoms with E-state index in [0.717, 1.165) is 0 Å². The summed E-state index contributed by atoms with van der Waals surface area (Å²) in [4.78, 5) is 11.4. The molecule has 2 rings (SSSR count). The van der Waals surface area contributed by atoms with Gasteiger partial charge in [-0.25, -0.2) is 9.48 Å². The van der Waals surface area contributed by atoms with Gasteiger partial charge in [0.05, 0.1) is 32.5 Å². The zero-order valence-corrected chi connectivity index (χ0v) is 14.8. The van der Waals surface area contributed by atoms with E-state index < -0.39 is 20.0 Å². The Kier molecular flexibility index (Phi) is 5.33. The van der Waals surface area contributed by atoms with Crippen LogP contribution in [0.3, 0.4) is 0 Å². The average molecular weight is 336 g/mol. The van der Waals surface area contributed by atoms with Gasteiger partial charge in [-0.2, -0.15) is 9.49 Å². The van der Waals surface area contributed by atoms with Crippen LogP contribution in [0.2, 0.25) is 19.6 Å². The number of ether oxygens (including phenoxy) is 2. The summed E-state index contributed by atoms with van der Waals surface area (Å²) in [7, 11) is -0.0161. The first kappa shape index (κ1) is 17.4. The minimum absolute atomic E-state index is 0.0936. The zero-order valence-electron chi connectivity index (χ0n) is 13.8. The summed E-state index contributed by atoms with van der Waals surface area (Å²) in [6.45, 7) is 6.64. The fourth-order valence-corrected chi connectivity index (χ4v) is 2.70. The monoisotopic (exact) mass is 336 g/mol. The number of nitrogens with zero attached hydrogens (tertiary/aromatic N) is 2. The summed E-state index contributed by atoms with van der Waals surface area (Å²) >= 11 is 0. The van der Waals surface area contributed by atoms with Gasteiger partial charge < -0.3 is 9.47 Å². The van der Waals surface area contributed by atoms with Crippen molar-refractivity contribution in [2.24, 2.45) is 0 Å². The molecule has 0 aliphatic rings. The molecule has 0 saturated heterocycles. The van der Waals surface area contributed by atoms with Crippen LogP contribution < -0.4 is 0 Å². The van der Waals surface area contributed by atoms with E-state index in [1.165, 1.54) is 18.0 Å². The number of carbonyl (C=O) groups is 1. The molecule has 0 spiro atoms. The Hall–Kier alpha value is -1.99. The van der Waals surface area contributed by atoms with Crippen molar-refractivity contribution < 1.29 is 18.7 Å². The number of hydrogen-bond donors (Lipinski definition) is 0. The molecule has 0 radical (unpaired) electrons. The lowest BCUT2D eigenvalue weighted by atomic mass is 10.1. The molecular formula is C16H21FN2O3Si. The van der Waals surface area contributed by atoms with Crippen LogP contribution in [0.15, 0.2) is 30.5 Å². The highest BCUT2D eigenvalue weighted by atomic mass is 28.3. The van der Waals surface area contributed by atoms with Crippen LogP contribution in [0.5, 0.6) is 0 Å². The van der Waals surface area contributed by atoms with E-state index in [1.54, 1.807) is 24.3 Å². The number of rotatable bonds is 6. The Morgan fingerprint density at radius 3 is 2.48 bits per heavy atom. The Balaban J connectivity index is 2.11. The fourth-order valence-electron chi connectivity index (χ4n) is 2.00. The van der Waals surface area contributed by atoms with Crippen molar-refractivity contribution in [1.82, 2.24) is 9.78 Å². The summed E-state index contributed by atoms with van der Waals surface area (Å²) in [5.41, 5.74) is 1.44. The third-order valence-electron chi connectivity index (χ3n) is 3.14. The van der Waals surface area contributed by atoms with Crippen molar-refractivity contribution in [3.63, 3.8) is 0 Å². The number of esters is 1. The molecule has 5 nitrogen and oxygen atoms in total. The van der Waals surface area contributed by atoms with Crippen LogP contribution in [0.25, 0.3) is 11.1 Å². The van der Waals surface area contributed by atoms with Crippen LogP contribution in [0.1, 0.15) is 10.4 Å². The highest BCUT2D eigenvalue weighted by Crippen LogP contribution is 2.23. The van der Waals surface area contributed by atoms with Crippen molar-refractivity contribution in [2.75, 3.05) is 13.3 Å². The summed E-state index contributed by atoms with van der Waals surface area (Å²) in [6.07, 6.45) is 2.11. The number of carbonyl (C=O) groups excluding carboxylic acids is 1. The lowest BCUT2D eigenvalue weighted by molar-refractivity contribution is 0.0601. The van der Waals surface area contributed by atoms with Gasteiger partial charge in [-0.3, -0.25) is 0 Å². The molecule has 124 valence electrons. The van der Waals surface area contributed by atoms with E-state index in [4.69, 9.17) is 4.74 Å². The molecule has 1 heterocycles. The third kappa shape index (κ3) is 4.49. The summed E-state index contributed by atoms with van der Waals surface area (Å²) in [5.74, 6) is -0.876. The predicted octanol–water partition coefficient (Wildman–Crippen LogP) is 3.33. The molecule has 0 unspecified atom stereocenters. The van der Waals surface area contributed by atoms with E-state index in [-0.39, 0.29) is 6.73 Å². The second-order valence-corrected chi connectivity index (χ2v) is 11.9. The SMILES string of the molecule is COC(=O)c1ccc(-c2cnn(COC[Si](C)(C)C)c2F)cc1. The second kappa shape index (κ2) is 7.06. The average Bonchev–Trinajstić information content (AvgIpc) is 2.87. The molecule has 0 bridgehead atoms. The van der Waals surface area contributed by atoms with Crippen LogP contribution in [-0.4, -0.2) is 37.2 Å². The maximum absolute atomic E-state index is 14.4. The topological polar surface area (TPSA) is 53.3 Å². The van der Waals surface area contributed by atoms with Crippen molar-refractivity contribution in [3.8, 4) is 11.1 Å². The predicted molar refractivity (Wildman–Crippen MR) is 88.3 cm³/mol. The van der Waals surface area contributed by atoms with E-state index >= 15 is 0 Å². The summed E-state index contributed by atoms with van der Waals surface area (Å²) in [6, 6.07) is 6.53. The van der Waals surface area contributed by atoms with Gasteiger partial charge >= 0.3 is 5.97 Å². The molecule has 0 saturated carbocycles. The number of aromatic nitrogens is 2. The lowest BCUT2D eigenvalue weighted by Gasteiger charge is -2.15. The highest BCUT2D eigenvalue weighted by molar-refractivity contribution is 6.76. The van der Waals surface area contributed by atoms with E-state index in [9.17, 15) is 9.18 Å². The molecule has 0 fully saturated rings. The zero-order chi connectivity index (χ0) is 17.0. The van der Waals surface area contributed by atoms with Crippen LogP contribution in [-0.2, 0) is 16.2 Å². The van der Waals surface area contributed by atoms with Gasteiger partial charge in [0.25, 0.3) is 0 Å². The minimum atomic E-state index is -1.34. The first-order valence-electron chi connectivity index (χ1n) is 7.29. The first-order chi connectivity index (χ1) is 10.8. The van der Waals surface area contributed by atoms with Gasteiger partial charge in [-0.05, 0) is 17.7 Å². The molecule has 0 amide bonds. The van der Waals surface area contributed by atoms with Crippen molar-refractivity contribution in [3.05, 3.63) is 42.0 Å². The van der Waals surface area contributed by atoms with E-state index in [0.29, 0.717) is 22.9 Å². The Labute approximate surface area is 136 Å². The number of halogens is 1. The summed E-state index contributed by atoms with van der Waals surface area (Å²) in [5, 5.41) is 4.03. The largest absolute Gasteiger partial charge is 0.465 e. The fraction of sp³-hybridized carbons (Fsp3) is 0.375. The van der Waals surface area contributed by atoms with E-state index in [1.807, 2.05) is 0 Å². The molecule has 0 atom stereocenters. The standard InChI is InChI=1S/C16H21FN2O3Si/c1-21-16(20)13-7-5-12(6-8-13)14-9-18-19(15(14)17)10-22-11-23(2,3)4/h5-9H,10-11H2,1-4H3. The molecule has 2 aromatic rings. The van der Waals surface area contributed by atoms with Crippen LogP contribution in [0, 0.1) is 5.95 Å². The second-order valence-electron chi connectivity index (χ2n) is 6.46. The molecule has 0 N–H and O–H groups in total. The van der Waals surface area contributed by atoms with Gasteiger partial charge in [-0.1, -0.05) is 31.8 Å². The number of methoxy groups -OCH3 is 1. The normalized spacial score (nSPS) is 11.5. The maximum atomic E-state index is 14.4. The van der Waals surface area contributed by atoms with Crippen molar-refractivity contribution >= 4 is 14.0 Å². The Morgan fingerprint density at radius 2 is 1.91 bits per heavy atom. The van der Waals surface area contributed by atoms with Crippen molar-refractivity contribution in [2.45, 2.75) is 26.4 Å². The van der Waals surface area contributed by atoms with Gasteiger partial charge in [0, 0.05) is 6.23 Å². The number of hydrogen-bond acceptors (Lipinski definition) is 4. The van der Waals surface area contributed by atoms with Gasteiger partial charge in [0.15, 0.2) is 0 Å².